The molecule has 5 nitrogen and oxygen atoms in total. The number of nitrogens with zero attached hydrogens (tertiary/aromatic N) is 1. The maximum Gasteiger partial charge on any atom is 0.305 e. The van der Waals surface area contributed by atoms with Crippen molar-refractivity contribution in [3.05, 3.63) is 35.4 Å². The molecule has 2 rings (SSSR count). The van der Waals surface area contributed by atoms with Gasteiger partial charge in [0.1, 0.15) is 0 Å². The van der Waals surface area contributed by atoms with Crippen LogP contribution >= 0.6 is 0 Å². The van der Waals surface area contributed by atoms with E-state index < -0.39 is 12.0 Å². The SMILES string of the molecule is NC(CC(=O)O)c1ccc(CCN2CCOCC2)cc1. The number of benzene rings is 1. The van der Waals surface area contributed by atoms with E-state index in [4.69, 9.17) is 15.6 Å². The van der Waals surface area contributed by atoms with Crippen molar-refractivity contribution in [1.82, 2.24) is 4.90 Å². The lowest BCUT2D eigenvalue weighted by atomic mass is 10.0. The van der Waals surface area contributed by atoms with Crippen molar-refractivity contribution in [3.63, 3.8) is 0 Å². The molecule has 0 radical (unpaired) electrons. The third-order valence-corrected chi connectivity index (χ3v) is 3.62. The Morgan fingerprint density at radius 2 is 1.95 bits per heavy atom. The Morgan fingerprint density at radius 3 is 2.55 bits per heavy atom. The van der Waals surface area contributed by atoms with Gasteiger partial charge in [0.15, 0.2) is 0 Å². The zero-order valence-corrected chi connectivity index (χ0v) is 11.6. The molecule has 0 spiro atoms. The third-order valence-electron chi connectivity index (χ3n) is 3.62. The Kier molecular flexibility index (Phi) is 5.52. The quantitative estimate of drug-likeness (QED) is 0.813. The molecular formula is C15H22N2O3. The summed E-state index contributed by atoms with van der Waals surface area (Å²) in [5, 5.41) is 8.73. The van der Waals surface area contributed by atoms with Crippen molar-refractivity contribution in [1.29, 1.82) is 0 Å². The minimum Gasteiger partial charge on any atom is -0.481 e. The van der Waals surface area contributed by atoms with Crippen molar-refractivity contribution in [2.24, 2.45) is 5.73 Å². The van der Waals surface area contributed by atoms with Crippen molar-refractivity contribution in [2.75, 3.05) is 32.8 Å². The van der Waals surface area contributed by atoms with Gasteiger partial charge < -0.3 is 15.6 Å². The number of nitrogens with two attached hydrogens (primary N) is 1. The summed E-state index contributed by atoms with van der Waals surface area (Å²) in [4.78, 5) is 13.0. The first kappa shape index (κ1) is 15.0. The van der Waals surface area contributed by atoms with Crippen LogP contribution in [0.3, 0.4) is 0 Å². The molecule has 1 fully saturated rings. The topological polar surface area (TPSA) is 75.8 Å². The van der Waals surface area contributed by atoms with Crippen LogP contribution in [-0.2, 0) is 16.0 Å². The molecule has 110 valence electrons. The summed E-state index contributed by atoms with van der Waals surface area (Å²) >= 11 is 0. The fourth-order valence-corrected chi connectivity index (χ4v) is 2.35. The highest BCUT2D eigenvalue weighted by atomic mass is 16.5. The number of carbonyl (C=O) groups is 1. The Balaban J connectivity index is 1.83. The molecule has 20 heavy (non-hydrogen) atoms. The van der Waals surface area contributed by atoms with E-state index in [9.17, 15) is 4.79 Å². The average molecular weight is 278 g/mol. The maximum absolute atomic E-state index is 10.6. The predicted octanol–water partition coefficient (Wildman–Crippen LogP) is 1.04. The molecule has 0 amide bonds. The van der Waals surface area contributed by atoms with E-state index in [2.05, 4.69) is 4.90 Å². The maximum atomic E-state index is 10.6. The Hall–Kier alpha value is -1.43. The first-order valence-electron chi connectivity index (χ1n) is 7.01. The number of carboxylic acid groups (broad SMARTS) is 1. The van der Waals surface area contributed by atoms with Crippen molar-refractivity contribution >= 4 is 5.97 Å². The average Bonchev–Trinajstić information content (AvgIpc) is 2.46. The van der Waals surface area contributed by atoms with Crippen LogP contribution in [0.2, 0.25) is 0 Å². The monoisotopic (exact) mass is 278 g/mol. The second-order valence-electron chi connectivity index (χ2n) is 5.15. The first-order valence-corrected chi connectivity index (χ1v) is 7.01. The van der Waals surface area contributed by atoms with Crippen molar-refractivity contribution in [2.45, 2.75) is 18.9 Å². The van der Waals surface area contributed by atoms with Gasteiger partial charge in [0, 0.05) is 25.7 Å². The molecule has 1 aliphatic rings. The van der Waals surface area contributed by atoms with Gasteiger partial charge in [-0.2, -0.15) is 0 Å². The number of morpholine rings is 1. The Labute approximate surface area is 119 Å². The van der Waals surface area contributed by atoms with Crippen LogP contribution in [0.4, 0.5) is 0 Å². The smallest absolute Gasteiger partial charge is 0.305 e. The highest BCUT2D eigenvalue weighted by molar-refractivity contribution is 5.67. The molecule has 1 saturated heterocycles. The van der Waals surface area contributed by atoms with Crippen LogP contribution in [0.1, 0.15) is 23.6 Å². The van der Waals surface area contributed by atoms with Crippen LogP contribution in [0.15, 0.2) is 24.3 Å². The number of rotatable bonds is 6. The van der Waals surface area contributed by atoms with E-state index >= 15 is 0 Å². The van der Waals surface area contributed by atoms with Crippen molar-refractivity contribution < 1.29 is 14.6 Å². The van der Waals surface area contributed by atoms with E-state index in [1.54, 1.807) is 0 Å². The molecule has 5 heteroatoms. The van der Waals surface area contributed by atoms with Crippen LogP contribution in [-0.4, -0.2) is 48.8 Å². The molecule has 0 bridgehead atoms. The number of ether oxygens (including phenoxy) is 1. The fraction of sp³-hybridized carbons (Fsp3) is 0.533. The lowest BCUT2D eigenvalue weighted by Gasteiger charge is -2.26. The summed E-state index contributed by atoms with van der Waals surface area (Å²) < 4.78 is 5.32. The second-order valence-corrected chi connectivity index (χ2v) is 5.15. The molecule has 1 atom stereocenters. The molecule has 1 unspecified atom stereocenters. The summed E-state index contributed by atoms with van der Waals surface area (Å²) in [5.74, 6) is -0.867. The van der Waals surface area contributed by atoms with Gasteiger partial charge in [-0.3, -0.25) is 9.69 Å². The van der Waals surface area contributed by atoms with E-state index in [1.807, 2.05) is 24.3 Å². The lowest BCUT2D eigenvalue weighted by Crippen LogP contribution is -2.37. The lowest BCUT2D eigenvalue weighted by molar-refractivity contribution is -0.137. The molecule has 3 N–H and O–H groups in total. The summed E-state index contributed by atoms with van der Waals surface area (Å²) in [5.41, 5.74) is 7.96. The standard InChI is InChI=1S/C15H22N2O3/c16-14(11-15(18)19)13-3-1-12(2-4-13)5-6-17-7-9-20-10-8-17/h1-4,14H,5-11,16H2,(H,18,19). The summed E-state index contributed by atoms with van der Waals surface area (Å²) in [6, 6.07) is 7.51. The molecule has 0 saturated carbocycles. The molecule has 1 aromatic rings. The highest BCUT2D eigenvalue weighted by Gasteiger charge is 2.12. The van der Waals surface area contributed by atoms with Gasteiger partial charge in [-0.05, 0) is 17.5 Å². The zero-order chi connectivity index (χ0) is 14.4. The van der Waals surface area contributed by atoms with Gasteiger partial charge in [0.2, 0.25) is 0 Å². The largest absolute Gasteiger partial charge is 0.481 e. The Bertz CT molecular complexity index is 427. The normalized spacial score (nSPS) is 17.9. The number of hydrogen-bond acceptors (Lipinski definition) is 4. The van der Waals surface area contributed by atoms with Gasteiger partial charge in [-0.25, -0.2) is 0 Å². The van der Waals surface area contributed by atoms with E-state index in [0.29, 0.717) is 0 Å². The number of hydrogen-bond donors (Lipinski definition) is 2. The Morgan fingerprint density at radius 1 is 1.30 bits per heavy atom. The van der Waals surface area contributed by atoms with Crippen LogP contribution < -0.4 is 5.73 Å². The summed E-state index contributed by atoms with van der Waals surface area (Å²) in [6.45, 7) is 4.68. The number of aliphatic carboxylic acids is 1. The molecule has 1 aliphatic heterocycles. The predicted molar refractivity (Wildman–Crippen MR) is 76.6 cm³/mol. The van der Waals surface area contributed by atoms with E-state index in [0.717, 1.165) is 44.8 Å². The van der Waals surface area contributed by atoms with Crippen molar-refractivity contribution in [3.8, 4) is 0 Å². The molecule has 1 heterocycles. The van der Waals surface area contributed by atoms with Gasteiger partial charge in [0.25, 0.3) is 0 Å². The fourth-order valence-electron chi connectivity index (χ4n) is 2.35. The first-order chi connectivity index (χ1) is 9.65. The minimum atomic E-state index is -0.867. The van der Waals surface area contributed by atoms with E-state index in [1.165, 1.54) is 5.56 Å². The second kappa shape index (κ2) is 7.38. The van der Waals surface area contributed by atoms with Crippen LogP contribution in [0.5, 0.6) is 0 Å². The molecule has 0 aliphatic carbocycles. The van der Waals surface area contributed by atoms with Crippen LogP contribution in [0.25, 0.3) is 0 Å². The van der Waals surface area contributed by atoms with Gasteiger partial charge >= 0.3 is 5.97 Å². The molecule has 1 aromatic carbocycles. The molecule has 0 aromatic heterocycles. The summed E-state index contributed by atoms with van der Waals surface area (Å²) in [7, 11) is 0. The third kappa shape index (κ3) is 4.59. The van der Waals surface area contributed by atoms with Crippen LogP contribution in [0, 0.1) is 0 Å². The zero-order valence-electron chi connectivity index (χ0n) is 11.6. The van der Waals surface area contributed by atoms with E-state index in [-0.39, 0.29) is 6.42 Å². The molecular weight excluding hydrogens is 256 g/mol. The minimum absolute atomic E-state index is 0.0346. The van der Waals surface area contributed by atoms with Gasteiger partial charge in [-0.15, -0.1) is 0 Å². The number of carboxylic acids is 1. The van der Waals surface area contributed by atoms with Gasteiger partial charge in [-0.1, -0.05) is 24.3 Å². The van der Waals surface area contributed by atoms with Gasteiger partial charge in [0.05, 0.1) is 19.6 Å². The summed E-state index contributed by atoms with van der Waals surface area (Å²) in [6.07, 6.45) is 0.960. The highest BCUT2D eigenvalue weighted by Crippen LogP contribution is 2.15.